The highest BCUT2D eigenvalue weighted by atomic mass is 16.3. The normalized spacial score (nSPS) is 12.3. The number of pyridine rings is 1. The number of hydrogen-bond acceptors (Lipinski definition) is 3. The lowest BCUT2D eigenvalue weighted by Gasteiger charge is -2.28. The summed E-state index contributed by atoms with van der Waals surface area (Å²) in [4.78, 5) is 16.9. The maximum absolute atomic E-state index is 12.8. The Bertz CT molecular complexity index is 685. The van der Waals surface area contributed by atoms with Crippen LogP contribution in [0.5, 0.6) is 5.75 Å². The minimum absolute atomic E-state index is 0.124. The quantitative estimate of drug-likeness (QED) is 0.824. The predicted molar refractivity (Wildman–Crippen MR) is 93.2 cm³/mol. The van der Waals surface area contributed by atoms with E-state index in [1.165, 1.54) is 0 Å². The number of ketones is 1. The van der Waals surface area contributed by atoms with Crippen LogP contribution in [-0.4, -0.2) is 15.9 Å². The predicted octanol–water partition coefficient (Wildman–Crippen LogP) is 4.61. The van der Waals surface area contributed by atoms with Gasteiger partial charge in [-0.2, -0.15) is 0 Å². The smallest absolute Gasteiger partial charge is 0.211 e. The van der Waals surface area contributed by atoms with Crippen LogP contribution in [-0.2, 0) is 10.8 Å². The third kappa shape index (κ3) is 3.61. The number of carbonyl (C=O) groups is 1. The van der Waals surface area contributed by atoms with E-state index >= 15 is 0 Å². The molecule has 0 fully saturated rings. The molecule has 0 saturated heterocycles. The van der Waals surface area contributed by atoms with E-state index in [4.69, 9.17) is 0 Å². The maximum Gasteiger partial charge on any atom is 0.211 e. The van der Waals surface area contributed by atoms with Crippen LogP contribution < -0.4 is 0 Å². The molecule has 2 rings (SSSR count). The van der Waals surface area contributed by atoms with Gasteiger partial charge in [0.2, 0.25) is 5.78 Å². The van der Waals surface area contributed by atoms with Crippen LogP contribution in [0.4, 0.5) is 0 Å². The average Bonchev–Trinajstić information content (AvgIpc) is 2.45. The Balaban J connectivity index is 2.68. The van der Waals surface area contributed by atoms with E-state index in [0.717, 1.165) is 11.1 Å². The topological polar surface area (TPSA) is 50.2 Å². The summed E-state index contributed by atoms with van der Waals surface area (Å²) < 4.78 is 0. The Morgan fingerprint density at radius 1 is 0.957 bits per heavy atom. The van der Waals surface area contributed by atoms with Crippen molar-refractivity contribution < 1.29 is 9.90 Å². The van der Waals surface area contributed by atoms with Crippen molar-refractivity contribution in [3.05, 3.63) is 58.9 Å². The standard InChI is InChI=1S/C20H25NO2/c1-19(2,3)14-11-13(12-15(18(14)23)20(4,5)6)17(22)16-9-7-8-10-21-16/h7-12,23H,1-6H3. The van der Waals surface area contributed by atoms with Crippen molar-refractivity contribution in [3.8, 4) is 5.75 Å². The maximum atomic E-state index is 12.8. The summed E-state index contributed by atoms with van der Waals surface area (Å²) in [5.41, 5.74) is 2.03. The van der Waals surface area contributed by atoms with E-state index in [1.807, 2.05) is 41.5 Å². The van der Waals surface area contributed by atoms with Gasteiger partial charge in [-0.05, 0) is 35.1 Å². The Morgan fingerprint density at radius 2 is 1.48 bits per heavy atom. The second-order valence-electron chi connectivity index (χ2n) is 7.96. The largest absolute Gasteiger partial charge is 0.507 e. The second-order valence-corrected chi connectivity index (χ2v) is 7.96. The lowest BCUT2D eigenvalue weighted by Crippen LogP contribution is -2.19. The first-order valence-electron chi connectivity index (χ1n) is 7.85. The van der Waals surface area contributed by atoms with Crippen LogP contribution in [0.2, 0.25) is 0 Å². The SMILES string of the molecule is CC(C)(C)c1cc(C(=O)c2ccccn2)cc(C(C)(C)C)c1O. The molecule has 0 amide bonds. The number of phenols is 1. The molecular weight excluding hydrogens is 286 g/mol. The van der Waals surface area contributed by atoms with Crippen LogP contribution in [0, 0.1) is 0 Å². The Labute approximate surface area is 138 Å². The first-order valence-corrected chi connectivity index (χ1v) is 7.85. The molecule has 3 heteroatoms. The fourth-order valence-corrected chi connectivity index (χ4v) is 2.55. The van der Waals surface area contributed by atoms with E-state index in [1.54, 1.807) is 36.5 Å². The first-order chi connectivity index (χ1) is 10.5. The third-order valence-electron chi connectivity index (χ3n) is 3.89. The number of hydrogen-bond donors (Lipinski definition) is 1. The highest BCUT2D eigenvalue weighted by Crippen LogP contribution is 2.40. The molecule has 122 valence electrons. The van der Waals surface area contributed by atoms with E-state index in [0.29, 0.717) is 11.3 Å². The van der Waals surface area contributed by atoms with Gasteiger partial charge in [0.1, 0.15) is 11.4 Å². The summed E-state index contributed by atoms with van der Waals surface area (Å²) in [7, 11) is 0. The molecule has 0 saturated carbocycles. The number of benzene rings is 1. The lowest BCUT2D eigenvalue weighted by atomic mass is 9.78. The molecule has 1 aromatic carbocycles. The average molecular weight is 311 g/mol. The first kappa shape index (κ1) is 17.2. The summed E-state index contributed by atoms with van der Waals surface area (Å²) in [6, 6.07) is 8.89. The summed E-state index contributed by atoms with van der Waals surface area (Å²) in [6.07, 6.45) is 1.61. The van der Waals surface area contributed by atoms with Crippen LogP contribution in [0.25, 0.3) is 0 Å². The van der Waals surface area contributed by atoms with Gasteiger partial charge in [-0.3, -0.25) is 9.78 Å². The number of phenolic OH excluding ortho intramolecular Hbond substituents is 1. The van der Waals surface area contributed by atoms with Crippen molar-refractivity contribution in [1.29, 1.82) is 0 Å². The summed E-state index contributed by atoms with van der Waals surface area (Å²) in [5.74, 6) is 0.157. The van der Waals surface area contributed by atoms with E-state index in [2.05, 4.69) is 4.98 Å². The van der Waals surface area contributed by atoms with Crippen LogP contribution in [0.3, 0.4) is 0 Å². The van der Waals surface area contributed by atoms with Crippen molar-refractivity contribution >= 4 is 5.78 Å². The Kier molecular flexibility index (Phi) is 4.34. The molecule has 3 nitrogen and oxygen atoms in total. The molecule has 0 aliphatic heterocycles. The number of rotatable bonds is 2. The Hall–Kier alpha value is -2.16. The van der Waals surface area contributed by atoms with Gasteiger partial charge >= 0.3 is 0 Å². The van der Waals surface area contributed by atoms with Gasteiger partial charge in [0, 0.05) is 22.9 Å². The Morgan fingerprint density at radius 3 is 1.87 bits per heavy atom. The molecule has 0 radical (unpaired) electrons. The zero-order valence-electron chi connectivity index (χ0n) is 14.8. The molecule has 0 aliphatic rings. The molecule has 0 atom stereocenters. The molecule has 2 aromatic rings. The summed E-state index contributed by atoms with van der Waals surface area (Å²) >= 11 is 0. The van der Waals surface area contributed by atoms with E-state index in [9.17, 15) is 9.90 Å². The van der Waals surface area contributed by atoms with E-state index < -0.39 is 0 Å². The van der Waals surface area contributed by atoms with Gasteiger partial charge in [-0.1, -0.05) is 47.6 Å². The van der Waals surface area contributed by atoms with Gasteiger partial charge in [0.15, 0.2) is 0 Å². The fourth-order valence-electron chi connectivity index (χ4n) is 2.55. The van der Waals surface area contributed by atoms with Crippen LogP contribution >= 0.6 is 0 Å². The number of nitrogens with zero attached hydrogens (tertiary/aromatic N) is 1. The van der Waals surface area contributed by atoms with Gasteiger partial charge in [-0.15, -0.1) is 0 Å². The second kappa shape index (κ2) is 5.80. The van der Waals surface area contributed by atoms with Crippen LogP contribution in [0.1, 0.15) is 68.7 Å². The minimum Gasteiger partial charge on any atom is -0.507 e. The minimum atomic E-state index is -0.259. The molecule has 1 aromatic heterocycles. The molecule has 1 N–H and O–H groups in total. The van der Waals surface area contributed by atoms with Crippen molar-refractivity contribution in [3.63, 3.8) is 0 Å². The van der Waals surface area contributed by atoms with Gasteiger partial charge < -0.3 is 5.11 Å². The number of carbonyl (C=O) groups excluding carboxylic acids is 1. The monoisotopic (exact) mass is 311 g/mol. The van der Waals surface area contributed by atoms with Gasteiger partial charge in [0.25, 0.3) is 0 Å². The molecule has 0 spiro atoms. The zero-order valence-corrected chi connectivity index (χ0v) is 14.8. The number of aromatic nitrogens is 1. The van der Waals surface area contributed by atoms with Gasteiger partial charge in [0.05, 0.1) is 0 Å². The third-order valence-corrected chi connectivity index (χ3v) is 3.89. The fraction of sp³-hybridized carbons (Fsp3) is 0.400. The van der Waals surface area contributed by atoms with E-state index in [-0.39, 0.29) is 22.4 Å². The van der Waals surface area contributed by atoms with Crippen molar-refractivity contribution in [2.75, 3.05) is 0 Å². The van der Waals surface area contributed by atoms with Gasteiger partial charge in [-0.25, -0.2) is 0 Å². The molecule has 1 heterocycles. The summed E-state index contributed by atoms with van der Waals surface area (Å²) in [5, 5.41) is 10.7. The van der Waals surface area contributed by atoms with Crippen molar-refractivity contribution in [2.24, 2.45) is 0 Å². The molecule has 0 aliphatic carbocycles. The molecule has 0 unspecified atom stereocenters. The van der Waals surface area contributed by atoms with Crippen molar-refractivity contribution in [1.82, 2.24) is 4.98 Å². The molecular formula is C20H25NO2. The zero-order chi connectivity index (χ0) is 17.4. The summed E-state index contributed by atoms with van der Waals surface area (Å²) in [6.45, 7) is 12.2. The number of aromatic hydroxyl groups is 1. The highest BCUT2D eigenvalue weighted by molar-refractivity contribution is 6.08. The molecule has 23 heavy (non-hydrogen) atoms. The van der Waals surface area contributed by atoms with Crippen molar-refractivity contribution in [2.45, 2.75) is 52.4 Å². The van der Waals surface area contributed by atoms with Crippen LogP contribution in [0.15, 0.2) is 36.5 Å². The lowest BCUT2D eigenvalue weighted by molar-refractivity contribution is 0.103. The molecule has 0 bridgehead atoms. The highest BCUT2D eigenvalue weighted by Gasteiger charge is 2.28.